The predicted molar refractivity (Wildman–Crippen MR) is 254 cm³/mol. The Bertz CT molecular complexity index is 1310. The lowest BCUT2D eigenvalue weighted by atomic mass is 10.1. The second-order valence-electron chi connectivity index (χ2n) is 16.6. The van der Waals surface area contributed by atoms with Crippen molar-refractivity contribution in [3.63, 3.8) is 0 Å². The van der Waals surface area contributed by atoms with Crippen molar-refractivity contribution in [1.82, 2.24) is 0 Å². The molecule has 8 nitrogen and oxygen atoms in total. The van der Waals surface area contributed by atoms with Crippen LogP contribution < -0.4 is 5.11 Å². The van der Waals surface area contributed by atoms with Crippen molar-refractivity contribution < 1.29 is 38.2 Å². The number of carbonyl (C=O) groups is 3. The highest BCUT2D eigenvalue weighted by molar-refractivity contribution is 5.70. The van der Waals surface area contributed by atoms with Gasteiger partial charge in [-0.1, -0.05) is 150 Å². The molecule has 0 heterocycles. The number of carboxylic acid groups (broad SMARTS) is 1. The van der Waals surface area contributed by atoms with Gasteiger partial charge in [-0.15, -0.1) is 0 Å². The Kier molecular flexibility index (Phi) is 40.3. The average molecular weight is 850 g/mol. The third kappa shape index (κ3) is 41.4. The second kappa shape index (κ2) is 42.9. The minimum atomic E-state index is -1.14. The summed E-state index contributed by atoms with van der Waals surface area (Å²) < 4.78 is 17.1. The van der Waals surface area contributed by atoms with Gasteiger partial charge in [0.25, 0.3) is 0 Å². The molecule has 61 heavy (non-hydrogen) atoms. The third-order valence-electron chi connectivity index (χ3n) is 9.95. The minimum absolute atomic E-state index is 0.0151. The molecular formula is C53H87NO7. The normalized spacial score (nSPS) is 13.8. The van der Waals surface area contributed by atoms with E-state index in [0.717, 1.165) is 103 Å². The number of allylic oxidation sites excluding steroid dienone is 16. The lowest BCUT2D eigenvalue weighted by Gasteiger charge is -2.34. The van der Waals surface area contributed by atoms with Crippen LogP contribution in [0.15, 0.2) is 97.2 Å². The Morgan fingerprint density at radius 2 is 0.918 bits per heavy atom. The summed E-state index contributed by atoms with van der Waals surface area (Å²) in [7, 11) is 5.38. The number of quaternary nitrogens is 1. The van der Waals surface area contributed by atoms with Crippen LogP contribution in [0.1, 0.15) is 168 Å². The van der Waals surface area contributed by atoms with Gasteiger partial charge in [-0.3, -0.25) is 9.59 Å². The molecule has 0 aliphatic heterocycles. The number of ether oxygens (including phenoxy) is 3. The maximum atomic E-state index is 12.7. The summed E-state index contributed by atoms with van der Waals surface area (Å²) in [5, 5.41) is 11.6. The second-order valence-corrected chi connectivity index (χ2v) is 16.6. The molecule has 2 unspecified atom stereocenters. The first-order valence-electron chi connectivity index (χ1n) is 23.8. The third-order valence-corrected chi connectivity index (χ3v) is 9.95. The zero-order valence-electron chi connectivity index (χ0n) is 39.3. The number of nitrogens with zero attached hydrogens (tertiary/aromatic N) is 1. The van der Waals surface area contributed by atoms with E-state index in [2.05, 4.69) is 111 Å². The molecule has 0 aliphatic carbocycles. The summed E-state index contributed by atoms with van der Waals surface area (Å²) in [4.78, 5) is 36.9. The first-order chi connectivity index (χ1) is 29.6. The SMILES string of the molecule is CC/C=C/C/C=C/C/C=C/C/C=C/CCCCCC(=O)OC(COCCC(C(=O)[O-])[N+](C)(C)C)COC(=O)CCCCCCC/C=C/C/C=C/C/C=C/C/C=C/CCCCC. The van der Waals surface area contributed by atoms with Crippen molar-refractivity contribution in [3.8, 4) is 0 Å². The Morgan fingerprint density at radius 1 is 0.508 bits per heavy atom. The van der Waals surface area contributed by atoms with Gasteiger partial charge in [-0.05, 0) is 96.3 Å². The van der Waals surface area contributed by atoms with Crippen molar-refractivity contribution in [3.05, 3.63) is 97.2 Å². The van der Waals surface area contributed by atoms with Crippen molar-refractivity contribution in [2.24, 2.45) is 0 Å². The van der Waals surface area contributed by atoms with Crippen LogP contribution in [-0.2, 0) is 28.6 Å². The summed E-state index contributed by atoms with van der Waals surface area (Å²) in [6, 6.07) is -0.741. The molecule has 0 saturated heterocycles. The van der Waals surface area contributed by atoms with Crippen molar-refractivity contribution >= 4 is 17.9 Å². The fourth-order valence-corrected chi connectivity index (χ4v) is 6.28. The number of unbranched alkanes of at least 4 members (excludes halogenated alkanes) is 11. The number of hydrogen-bond donors (Lipinski definition) is 0. The molecule has 0 rings (SSSR count). The molecule has 0 aromatic carbocycles. The summed E-state index contributed by atoms with van der Waals surface area (Å²) >= 11 is 0. The van der Waals surface area contributed by atoms with Crippen molar-refractivity contribution in [2.75, 3.05) is 41.0 Å². The van der Waals surface area contributed by atoms with E-state index in [4.69, 9.17) is 14.2 Å². The molecule has 346 valence electrons. The van der Waals surface area contributed by atoms with E-state index in [1.165, 1.54) is 25.7 Å². The summed E-state index contributed by atoms with van der Waals surface area (Å²) in [5.41, 5.74) is 0. The molecule has 0 amide bonds. The molecule has 0 fully saturated rings. The van der Waals surface area contributed by atoms with Gasteiger partial charge in [-0.2, -0.15) is 0 Å². The van der Waals surface area contributed by atoms with Gasteiger partial charge in [0.2, 0.25) is 0 Å². The fourth-order valence-electron chi connectivity index (χ4n) is 6.28. The zero-order chi connectivity index (χ0) is 44.9. The topological polar surface area (TPSA) is 102 Å². The summed E-state index contributed by atoms with van der Waals surface area (Å²) in [5.74, 6) is -1.81. The van der Waals surface area contributed by atoms with Crippen LogP contribution in [0.3, 0.4) is 0 Å². The maximum Gasteiger partial charge on any atom is 0.306 e. The number of carbonyl (C=O) groups excluding carboxylic acids is 3. The molecule has 8 heteroatoms. The molecule has 0 aromatic heterocycles. The standard InChI is InChI=1S/C53H87NO7/c1-6-8-10-12-14-16-18-20-22-24-25-26-27-28-30-31-33-35-37-39-41-43-51(55)60-48-49(47-59-46-45-50(53(57)58)54(3,4)5)61-52(56)44-42-40-38-36-34-32-29-23-21-19-17-15-13-11-9-7-2/h9,11,14-17,20-23,25-26,28,30,32,34,49-50H,6-8,10,12-13,18-19,24,27,29,31,33,35-48H2,1-5H3/b11-9+,16-14+,17-15+,22-20+,23-21+,26-25+,30-28+,34-32+. The number of hydrogen-bond acceptors (Lipinski definition) is 7. The van der Waals surface area contributed by atoms with E-state index < -0.39 is 18.1 Å². The maximum absolute atomic E-state index is 12.7. The van der Waals surface area contributed by atoms with E-state index in [1.54, 1.807) is 21.1 Å². The van der Waals surface area contributed by atoms with Gasteiger partial charge in [0.15, 0.2) is 6.10 Å². The lowest BCUT2D eigenvalue weighted by Crippen LogP contribution is -2.55. The first-order valence-corrected chi connectivity index (χ1v) is 23.8. The Balaban J connectivity index is 4.40. The van der Waals surface area contributed by atoms with Gasteiger partial charge in [0.1, 0.15) is 12.6 Å². The van der Waals surface area contributed by atoms with Crippen LogP contribution in [0.4, 0.5) is 0 Å². The predicted octanol–water partition coefficient (Wildman–Crippen LogP) is 12.1. The van der Waals surface area contributed by atoms with Gasteiger partial charge in [0, 0.05) is 19.3 Å². The van der Waals surface area contributed by atoms with Crippen LogP contribution in [0, 0.1) is 0 Å². The lowest BCUT2D eigenvalue weighted by molar-refractivity contribution is -0.889. The molecule has 0 N–H and O–H groups in total. The van der Waals surface area contributed by atoms with Crippen LogP contribution in [0.2, 0.25) is 0 Å². The van der Waals surface area contributed by atoms with Crippen molar-refractivity contribution in [2.45, 2.75) is 180 Å². The largest absolute Gasteiger partial charge is 0.544 e. The minimum Gasteiger partial charge on any atom is -0.544 e. The Hall–Kier alpha value is -3.75. The first kappa shape index (κ1) is 57.2. The van der Waals surface area contributed by atoms with E-state index >= 15 is 0 Å². The quantitative estimate of drug-likeness (QED) is 0.0261. The fraction of sp³-hybridized carbons (Fsp3) is 0.642. The van der Waals surface area contributed by atoms with Crippen LogP contribution in [-0.4, -0.2) is 75.5 Å². The molecule has 0 aromatic rings. The highest BCUT2D eigenvalue weighted by Gasteiger charge is 2.25. The highest BCUT2D eigenvalue weighted by atomic mass is 16.6. The van der Waals surface area contributed by atoms with Gasteiger partial charge in [-0.25, -0.2) is 0 Å². The van der Waals surface area contributed by atoms with Crippen LogP contribution in [0.25, 0.3) is 0 Å². The Morgan fingerprint density at radius 3 is 1.38 bits per heavy atom. The van der Waals surface area contributed by atoms with Crippen LogP contribution in [0.5, 0.6) is 0 Å². The average Bonchev–Trinajstić information content (AvgIpc) is 3.22. The number of esters is 2. The number of rotatable bonds is 41. The molecule has 0 radical (unpaired) electrons. The van der Waals surface area contributed by atoms with Gasteiger partial charge >= 0.3 is 11.9 Å². The number of aliphatic carboxylic acids is 1. The van der Waals surface area contributed by atoms with Crippen LogP contribution >= 0.6 is 0 Å². The monoisotopic (exact) mass is 850 g/mol. The zero-order valence-corrected chi connectivity index (χ0v) is 39.3. The van der Waals surface area contributed by atoms with Gasteiger partial charge < -0.3 is 28.6 Å². The molecule has 0 aliphatic rings. The van der Waals surface area contributed by atoms with E-state index in [9.17, 15) is 19.5 Å². The molecule has 0 bridgehead atoms. The number of carboxylic acids is 1. The van der Waals surface area contributed by atoms with E-state index in [-0.39, 0.29) is 49.1 Å². The summed E-state index contributed by atoms with van der Waals surface area (Å²) in [6.07, 6.45) is 57.2. The molecule has 0 spiro atoms. The Labute approximate surface area is 373 Å². The summed E-state index contributed by atoms with van der Waals surface area (Å²) in [6.45, 7) is 4.45. The number of likely N-dealkylation sites (N-methyl/N-ethyl adjacent to an activating group) is 1. The van der Waals surface area contributed by atoms with E-state index in [0.29, 0.717) is 12.8 Å². The smallest absolute Gasteiger partial charge is 0.306 e. The molecular weight excluding hydrogens is 763 g/mol. The van der Waals surface area contributed by atoms with E-state index in [1.807, 2.05) is 0 Å². The highest BCUT2D eigenvalue weighted by Crippen LogP contribution is 2.12. The van der Waals surface area contributed by atoms with Gasteiger partial charge in [0.05, 0.1) is 40.3 Å². The molecule has 0 saturated carbocycles. The van der Waals surface area contributed by atoms with Crippen molar-refractivity contribution in [1.29, 1.82) is 0 Å². The molecule has 2 atom stereocenters.